The van der Waals surface area contributed by atoms with E-state index in [1.54, 1.807) is 10.6 Å². The Morgan fingerprint density at radius 3 is 2.57 bits per heavy atom. The largest absolute Gasteiger partial charge is 0.494 e. The number of hydrogen-bond acceptors (Lipinski definition) is 4. The van der Waals surface area contributed by atoms with Gasteiger partial charge >= 0.3 is 0 Å². The van der Waals surface area contributed by atoms with E-state index in [9.17, 15) is 9.90 Å². The van der Waals surface area contributed by atoms with Gasteiger partial charge in [0.25, 0.3) is 5.56 Å². The lowest BCUT2D eigenvalue weighted by atomic mass is 10.2. The zero-order valence-corrected chi connectivity index (χ0v) is 13.8. The second-order valence-corrected chi connectivity index (χ2v) is 5.56. The van der Waals surface area contributed by atoms with E-state index in [0.717, 1.165) is 10.6 Å². The van der Waals surface area contributed by atoms with Crippen molar-refractivity contribution in [3.8, 4) is 5.88 Å². The normalized spacial score (nSPS) is 14.4. The summed E-state index contributed by atoms with van der Waals surface area (Å²) in [6.45, 7) is 4.67. The molecule has 1 aliphatic heterocycles. The minimum Gasteiger partial charge on any atom is -0.494 e. The molecular weight excluding hydrogens is 310 g/mol. The molecular formula is C17H17N3O2S. The lowest BCUT2D eigenvalue weighted by Gasteiger charge is -2.13. The lowest BCUT2D eigenvalue weighted by Crippen LogP contribution is -2.26. The van der Waals surface area contributed by atoms with Crippen LogP contribution in [-0.4, -0.2) is 14.2 Å². The number of hydrogen-bond donors (Lipinski definition) is 1. The van der Waals surface area contributed by atoms with Gasteiger partial charge in [-0.2, -0.15) is 0 Å². The van der Waals surface area contributed by atoms with Crippen molar-refractivity contribution in [1.82, 2.24) is 9.13 Å². The standard InChI is InChI=1S/C17H17N3O2S/c1-3-19-15(21)13(16(22)20(4-2)17(19)23)10-12-9-11-7-5-6-8-14(11)18-12/h5-10,21H,3-4H2,1-2H3. The summed E-state index contributed by atoms with van der Waals surface area (Å²) in [6, 6.07) is 7.72. The predicted octanol–water partition coefficient (Wildman–Crippen LogP) is 1.58. The molecule has 0 atom stereocenters. The predicted molar refractivity (Wildman–Crippen MR) is 92.2 cm³/mol. The van der Waals surface area contributed by atoms with Gasteiger partial charge in [0.15, 0.2) is 4.77 Å². The van der Waals surface area contributed by atoms with Gasteiger partial charge in [-0.25, -0.2) is 4.99 Å². The highest BCUT2D eigenvalue weighted by Gasteiger charge is 2.14. The molecule has 2 heterocycles. The van der Waals surface area contributed by atoms with Crippen LogP contribution in [0.1, 0.15) is 19.4 Å². The number of para-hydroxylation sites is 1. The molecule has 0 radical (unpaired) electrons. The first-order chi connectivity index (χ1) is 11.1. The van der Waals surface area contributed by atoms with Crippen LogP contribution in [0.15, 0.2) is 39.7 Å². The van der Waals surface area contributed by atoms with E-state index in [2.05, 4.69) is 4.99 Å². The van der Waals surface area contributed by atoms with Crippen molar-refractivity contribution in [2.24, 2.45) is 4.99 Å². The molecule has 0 unspecified atom stereocenters. The second kappa shape index (κ2) is 5.96. The van der Waals surface area contributed by atoms with E-state index in [4.69, 9.17) is 12.2 Å². The zero-order chi connectivity index (χ0) is 16.6. The molecule has 1 N–H and O–H groups in total. The molecule has 118 valence electrons. The zero-order valence-electron chi connectivity index (χ0n) is 13.0. The molecule has 0 fully saturated rings. The van der Waals surface area contributed by atoms with Crippen LogP contribution in [0.3, 0.4) is 0 Å². The number of benzene rings is 1. The average Bonchev–Trinajstić information content (AvgIpc) is 2.95. The van der Waals surface area contributed by atoms with Gasteiger partial charge < -0.3 is 5.11 Å². The van der Waals surface area contributed by atoms with Crippen molar-refractivity contribution in [2.75, 3.05) is 0 Å². The van der Waals surface area contributed by atoms with Crippen LogP contribution in [0.25, 0.3) is 12.2 Å². The monoisotopic (exact) mass is 327 g/mol. The molecule has 3 rings (SSSR count). The Morgan fingerprint density at radius 1 is 1.22 bits per heavy atom. The van der Waals surface area contributed by atoms with Gasteiger partial charge in [-0.15, -0.1) is 0 Å². The molecule has 0 aliphatic carbocycles. The summed E-state index contributed by atoms with van der Waals surface area (Å²) in [5.41, 5.74) is 0.554. The van der Waals surface area contributed by atoms with Crippen molar-refractivity contribution in [2.45, 2.75) is 26.9 Å². The quantitative estimate of drug-likeness (QED) is 0.871. The Balaban J connectivity index is 2.26. The number of aromatic hydroxyl groups is 1. The summed E-state index contributed by atoms with van der Waals surface area (Å²) < 4.78 is 3.36. The van der Waals surface area contributed by atoms with Gasteiger partial charge in [0.2, 0.25) is 5.88 Å². The van der Waals surface area contributed by atoms with Gasteiger partial charge in [-0.3, -0.25) is 13.9 Å². The van der Waals surface area contributed by atoms with Crippen molar-refractivity contribution >= 4 is 24.4 Å². The van der Waals surface area contributed by atoms with E-state index in [1.807, 2.05) is 44.2 Å². The van der Waals surface area contributed by atoms with Crippen molar-refractivity contribution in [3.05, 3.63) is 61.2 Å². The summed E-state index contributed by atoms with van der Waals surface area (Å²) in [4.78, 5) is 17.1. The average molecular weight is 327 g/mol. The first-order valence-electron chi connectivity index (χ1n) is 7.50. The van der Waals surface area contributed by atoms with E-state index in [1.165, 1.54) is 4.57 Å². The summed E-state index contributed by atoms with van der Waals surface area (Å²) in [7, 11) is 0. The fourth-order valence-corrected chi connectivity index (χ4v) is 3.09. The van der Waals surface area contributed by atoms with E-state index < -0.39 is 0 Å². The molecule has 0 spiro atoms. The Kier molecular flexibility index (Phi) is 4.00. The molecule has 6 heteroatoms. The fraction of sp³-hybridized carbons (Fsp3) is 0.235. The van der Waals surface area contributed by atoms with Crippen LogP contribution in [-0.2, 0) is 13.1 Å². The van der Waals surface area contributed by atoms with Crippen molar-refractivity contribution in [1.29, 1.82) is 0 Å². The number of nitrogens with zero attached hydrogens (tertiary/aromatic N) is 3. The molecule has 23 heavy (non-hydrogen) atoms. The Bertz CT molecular complexity index is 1010. The second-order valence-electron chi connectivity index (χ2n) is 5.20. The third-order valence-electron chi connectivity index (χ3n) is 3.85. The third-order valence-corrected chi connectivity index (χ3v) is 4.29. The Hall–Kier alpha value is -2.47. The maximum atomic E-state index is 12.6. The van der Waals surface area contributed by atoms with Gasteiger partial charge in [-0.1, -0.05) is 18.2 Å². The van der Waals surface area contributed by atoms with Gasteiger partial charge in [0, 0.05) is 18.3 Å². The molecule has 0 saturated carbocycles. The smallest absolute Gasteiger partial charge is 0.265 e. The fourth-order valence-electron chi connectivity index (χ4n) is 2.66. The molecule has 0 amide bonds. The van der Waals surface area contributed by atoms with Crippen LogP contribution >= 0.6 is 12.2 Å². The van der Waals surface area contributed by atoms with E-state index in [0.29, 0.717) is 23.6 Å². The van der Waals surface area contributed by atoms with Gasteiger partial charge in [0.1, 0.15) is 5.56 Å². The molecule has 5 nitrogen and oxygen atoms in total. The van der Waals surface area contributed by atoms with Crippen LogP contribution in [0.4, 0.5) is 0 Å². The minimum absolute atomic E-state index is 0.112. The number of fused-ring (bicyclic) bond motifs is 1. The summed E-state index contributed by atoms with van der Waals surface area (Å²) >= 11 is 5.28. The van der Waals surface area contributed by atoms with Gasteiger partial charge in [-0.05, 0) is 44.3 Å². The van der Waals surface area contributed by atoms with Crippen LogP contribution in [0, 0.1) is 4.77 Å². The molecule has 1 aliphatic rings. The highest BCUT2D eigenvalue weighted by molar-refractivity contribution is 7.71. The van der Waals surface area contributed by atoms with E-state index in [-0.39, 0.29) is 17.0 Å². The summed E-state index contributed by atoms with van der Waals surface area (Å²) in [6.07, 6.45) is 3.51. The molecule has 1 aromatic carbocycles. The van der Waals surface area contributed by atoms with Crippen LogP contribution in [0.2, 0.25) is 0 Å². The van der Waals surface area contributed by atoms with Crippen LogP contribution in [0.5, 0.6) is 5.88 Å². The Labute approximate surface area is 138 Å². The Morgan fingerprint density at radius 2 is 1.91 bits per heavy atom. The maximum Gasteiger partial charge on any atom is 0.265 e. The number of allylic oxidation sites excluding steroid dienone is 1. The highest BCUT2D eigenvalue weighted by atomic mass is 32.1. The first kappa shape index (κ1) is 15.4. The molecule has 1 aromatic heterocycles. The molecule has 0 bridgehead atoms. The number of aromatic nitrogens is 2. The third kappa shape index (κ3) is 2.55. The van der Waals surface area contributed by atoms with E-state index >= 15 is 0 Å². The summed E-state index contributed by atoms with van der Waals surface area (Å²) in [5.74, 6) is -0.112. The van der Waals surface area contributed by atoms with Crippen LogP contribution < -0.4 is 16.1 Å². The summed E-state index contributed by atoms with van der Waals surface area (Å²) in [5, 5.41) is 12.3. The molecule has 0 saturated heterocycles. The lowest BCUT2D eigenvalue weighted by molar-refractivity contribution is 0.399. The highest BCUT2D eigenvalue weighted by Crippen LogP contribution is 2.18. The number of rotatable bonds is 3. The maximum absolute atomic E-state index is 12.6. The van der Waals surface area contributed by atoms with Crippen molar-refractivity contribution in [3.63, 3.8) is 0 Å². The molecule has 2 aromatic rings. The minimum atomic E-state index is -0.299. The SMILES string of the molecule is CCn1c(O)c(C=C2C=c3ccccc3=N2)c(=O)n(CC)c1=S. The first-order valence-corrected chi connectivity index (χ1v) is 7.91. The van der Waals surface area contributed by atoms with Crippen molar-refractivity contribution < 1.29 is 5.11 Å². The van der Waals surface area contributed by atoms with Gasteiger partial charge in [0.05, 0.1) is 11.1 Å². The topological polar surface area (TPSA) is 59.5 Å².